The number of para-hydroxylation sites is 1. The van der Waals surface area contributed by atoms with E-state index in [9.17, 15) is 4.79 Å². The maximum absolute atomic E-state index is 12.9. The fraction of sp³-hybridized carbons (Fsp3) is 0.533. The molecule has 3 rings (SSSR count). The lowest BCUT2D eigenvalue weighted by molar-refractivity contribution is -0.128. The Morgan fingerprint density at radius 2 is 2.21 bits per heavy atom. The minimum Gasteiger partial charge on any atom is -0.379 e. The molecule has 102 valence electrons. The Labute approximate surface area is 113 Å². The Kier molecular flexibility index (Phi) is 2.87. The fourth-order valence-corrected chi connectivity index (χ4v) is 3.06. The zero-order chi connectivity index (χ0) is 13.6. The number of fused-ring (bicyclic) bond motifs is 1. The maximum Gasteiger partial charge on any atom is 0.237 e. The highest BCUT2D eigenvalue weighted by Gasteiger charge is 2.48. The summed E-state index contributed by atoms with van der Waals surface area (Å²) in [6.07, 6.45) is 0.911. The van der Waals surface area contributed by atoms with Crippen molar-refractivity contribution in [2.24, 2.45) is 11.1 Å². The standard InChI is InChI=1S/C15H20N2O2/c1-10-7-11-5-3-4-6-12(11)17(10)14(18)15(2)9-19-8-13(15)16/h3-6,10,13H,7-9,16H2,1-2H3. The van der Waals surface area contributed by atoms with Crippen LogP contribution in [0.25, 0.3) is 0 Å². The molecule has 0 radical (unpaired) electrons. The molecule has 1 saturated heterocycles. The number of rotatable bonds is 1. The summed E-state index contributed by atoms with van der Waals surface area (Å²) in [6.45, 7) is 4.88. The van der Waals surface area contributed by atoms with Gasteiger partial charge >= 0.3 is 0 Å². The molecular formula is C15H20N2O2. The van der Waals surface area contributed by atoms with Crippen molar-refractivity contribution in [1.29, 1.82) is 0 Å². The normalized spacial score (nSPS) is 33.5. The van der Waals surface area contributed by atoms with Crippen LogP contribution in [0.1, 0.15) is 19.4 Å². The van der Waals surface area contributed by atoms with Crippen LogP contribution in [0.15, 0.2) is 24.3 Å². The number of ether oxygens (including phenoxy) is 1. The van der Waals surface area contributed by atoms with Crippen LogP contribution in [0.4, 0.5) is 5.69 Å². The van der Waals surface area contributed by atoms with E-state index >= 15 is 0 Å². The van der Waals surface area contributed by atoms with Crippen molar-refractivity contribution in [3.63, 3.8) is 0 Å². The molecule has 3 unspecified atom stereocenters. The Morgan fingerprint density at radius 1 is 1.47 bits per heavy atom. The molecule has 0 bridgehead atoms. The van der Waals surface area contributed by atoms with E-state index in [-0.39, 0.29) is 18.0 Å². The fourth-order valence-electron chi connectivity index (χ4n) is 3.06. The number of nitrogens with two attached hydrogens (primary N) is 1. The topological polar surface area (TPSA) is 55.6 Å². The van der Waals surface area contributed by atoms with E-state index < -0.39 is 5.41 Å². The average Bonchev–Trinajstić information content (AvgIpc) is 2.89. The highest BCUT2D eigenvalue weighted by Crippen LogP contribution is 2.38. The van der Waals surface area contributed by atoms with Crippen LogP contribution in [0.3, 0.4) is 0 Å². The predicted octanol–water partition coefficient (Wildman–Crippen LogP) is 1.33. The van der Waals surface area contributed by atoms with E-state index in [0.29, 0.717) is 13.2 Å². The third-order valence-corrected chi connectivity index (χ3v) is 4.43. The first kappa shape index (κ1) is 12.6. The minimum absolute atomic E-state index is 0.0925. The van der Waals surface area contributed by atoms with Crippen molar-refractivity contribution < 1.29 is 9.53 Å². The summed E-state index contributed by atoms with van der Waals surface area (Å²) in [6, 6.07) is 8.07. The number of carbonyl (C=O) groups excluding carboxylic acids is 1. The Hall–Kier alpha value is -1.39. The summed E-state index contributed by atoms with van der Waals surface area (Å²) in [7, 11) is 0. The molecule has 19 heavy (non-hydrogen) atoms. The van der Waals surface area contributed by atoms with Crippen molar-refractivity contribution in [3.8, 4) is 0 Å². The molecule has 1 aromatic carbocycles. The van der Waals surface area contributed by atoms with E-state index in [1.165, 1.54) is 5.56 Å². The molecule has 1 aromatic rings. The minimum atomic E-state index is -0.605. The van der Waals surface area contributed by atoms with Crippen LogP contribution in [0, 0.1) is 5.41 Å². The van der Waals surface area contributed by atoms with Gasteiger partial charge in [0, 0.05) is 17.8 Å². The number of hydrogen-bond acceptors (Lipinski definition) is 3. The molecule has 4 nitrogen and oxygen atoms in total. The molecule has 0 spiro atoms. The zero-order valence-electron chi connectivity index (χ0n) is 11.4. The van der Waals surface area contributed by atoms with Crippen LogP contribution in [-0.4, -0.2) is 31.2 Å². The highest BCUT2D eigenvalue weighted by atomic mass is 16.5. The second-order valence-corrected chi connectivity index (χ2v) is 5.90. The molecule has 0 aliphatic carbocycles. The van der Waals surface area contributed by atoms with E-state index in [1.54, 1.807) is 0 Å². The summed E-state index contributed by atoms with van der Waals surface area (Å²) in [5, 5.41) is 0. The van der Waals surface area contributed by atoms with Crippen molar-refractivity contribution in [2.75, 3.05) is 18.1 Å². The highest BCUT2D eigenvalue weighted by molar-refractivity contribution is 6.00. The Morgan fingerprint density at radius 3 is 2.89 bits per heavy atom. The number of anilines is 1. The number of hydrogen-bond donors (Lipinski definition) is 1. The molecular weight excluding hydrogens is 240 g/mol. The third-order valence-electron chi connectivity index (χ3n) is 4.43. The molecule has 0 aromatic heterocycles. The second-order valence-electron chi connectivity index (χ2n) is 5.90. The smallest absolute Gasteiger partial charge is 0.237 e. The first-order valence-corrected chi connectivity index (χ1v) is 6.79. The van der Waals surface area contributed by atoms with Gasteiger partial charge in [-0.1, -0.05) is 18.2 Å². The van der Waals surface area contributed by atoms with Crippen LogP contribution in [-0.2, 0) is 16.0 Å². The molecule has 4 heteroatoms. The Balaban J connectivity index is 1.96. The van der Waals surface area contributed by atoms with Crippen molar-refractivity contribution in [1.82, 2.24) is 0 Å². The summed E-state index contributed by atoms with van der Waals surface area (Å²) in [5.41, 5.74) is 7.73. The van der Waals surface area contributed by atoms with Gasteiger partial charge in [-0.2, -0.15) is 0 Å². The third kappa shape index (κ3) is 1.78. The van der Waals surface area contributed by atoms with E-state index in [4.69, 9.17) is 10.5 Å². The van der Waals surface area contributed by atoms with E-state index in [2.05, 4.69) is 13.0 Å². The summed E-state index contributed by atoms with van der Waals surface area (Å²) in [5.74, 6) is 0.0925. The molecule has 3 atom stereocenters. The first-order valence-electron chi connectivity index (χ1n) is 6.79. The molecule has 1 amide bonds. The van der Waals surface area contributed by atoms with Gasteiger partial charge in [-0.3, -0.25) is 4.79 Å². The van der Waals surface area contributed by atoms with Gasteiger partial charge in [0.15, 0.2) is 0 Å². The van der Waals surface area contributed by atoms with Gasteiger partial charge in [0.25, 0.3) is 0 Å². The lowest BCUT2D eigenvalue weighted by atomic mass is 9.84. The largest absolute Gasteiger partial charge is 0.379 e. The van der Waals surface area contributed by atoms with Gasteiger partial charge in [0.1, 0.15) is 0 Å². The van der Waals surface area contributed by atoms with Crippen LogP contribution < -0.4 is 10.6 Å². The molecule has 0 saturated carbocycles. The summed E-state index contributed by atoms with van der Waals surface area (Å²) < 4.78 is 5.40. The molecule has 2 heterocycles. The van der Waals surface area contributed by atoms with Crippen molar-refractivity contribution in [2.45, 2.75) is 32.4 Å². The number of carbonyl (C=O) groups is 1. The van der Waals surface area contributed by atoms with Gasteiger partial charge in [-0.15, -0.1) is 0 Å². The predicted molar refractivity (Wildman–Crippen MR) is 74.0 cm³/mol. The van der Waals surface area contributed by atoms with Crippen LogP contribution >= 0.6 is 0 Å². The second kappa shape index (κ2) is 4.32. The molecule has 2 N–H and O–H groups in total. The molecule has 2 aliphatic rings. The summed E-state index contributed by atoms with van der Waals surface area (Å²) >= 11 is 0. The SMILES string of the molecule is CC1Cc2ccccc2N1C(=O)C1(C)COCC1N. The zero-order valence-corrected chi connectivity index (χ0v) is 11.4. The van der Waals surface area contributed by atoms with Gasteiger partial charge < -0.3 is 15.4 Å². The van der Waals surface area contributed by atoms with Crippen LogP contribution in [0.5, 0.6) is 0 Å². The molecule has 1 fully saturated rings. The molecule has 2 aliphatic heterocycles. The van der Waals surface area contributed by atoms with Gasteiger partial charge in [0.05, 0.1) is 18.6 Å². The quantitative estimate of drug-likeness (QED) is 0.828. The van der Waals surface area contributed by atoms with Gasteiger partial charge in [-0.05, 0) is 31.9 Å². The number of benzene rings is 1. The van der Waals surface area contributed by atoms with Crippen LogP contribution in [0.2, 0.25) is 0 Å². The lowest BCUT2D eigenvalue weighted by Gasteiger charge is -2.33. The van der Waals surface area contributed by atoms with Gasteiger partial charge in [-0.25, -0.2) is 0 Å². The average molecular weight is 260 g/mol. The Bertz CT molecular complexity index is 517. The monoisotopic (exact) mass is 260 g/mol. The van der Waals surface area contributed by atoms with Crippen molar-refractivity contribution >= 4 is 11.6 Å². The lowest BCUT2D eigenvalue weighted by Crippen LogP contribution is -2.53. The van der Waals surface area contributed by atoms with E-state index in [1.807, 2.05) is 30.0 Å². The number of nitrogens with zero attached hydrogens (tertiary/aromatic N) is 1. The first-order chi connectivity index (χ1) is 9.04. The summed E-state index contributed by atoms with van der Waals surface area (Å²) in [4.78, 5) is 14.8. The number of amides is 1. The van der Waals surface area contributed by atoms with Gasteiger partial charge in [0.2, 0.25) is 5.91 Å². The van der Waals surface area contributed by atoms with E-state index in [0.717, 1.165) is 12.1 Å². The maximum atomic E-state index is 12.9. The van der Waals surface area contributed by atoms with Crippen molar-refractivity contribution in [3.05, 3.63) is 29.8 Å².